The molecule has 0 saturated carbocycles. The van der Waals surface area contributed by atoms with E-state index in [0.717, 1.165) is 12.0 Å². The Bertz CT molecular complexity index is 625. The van der Waals surface area contributed by atoms with Crippen LogP contribution in [-0.2, 0) is 6.42 Å². The molecule has 0 aliphatic carbocycles. The Kier molecular flexibility index (Phi) is 5.33. The van der Waals surface area contributed by atoms with Gasteiger partial charge in [0.15, 0.2) is 0 Å². The zero-order chi connectivity index (χ0) is 17.1. The van der Waals surface area contributed by atoms with Crippen LogP contribution in [0.15, 0.2) is 23.1 Å². The first-order valence-electron chi connectivity index (χ1n) is 8.65. The van der Waals surface area contributed by atoms with E-state index in [0.29, 0.717) is 26.2 Å². The molecule has 0 spiro atoms. The summed E-state index contributed by atoms with van der Waals surface area (Å²) in [6.07, 6.45) is 2.24. The van der Waals surface area contributed by atoms with Crippen molar-refractivity contribution in [3.8, 4) is 0 Å². The second kappa shape index (κ2) is 7.47. The molecule has 3 amide bonds. The molecule has 0 aromatic heterocycles. The first kappa shape index (κ1) is 17.1. The highest BCUT2D eigenvalue weighted by Crippen LogP contribution is 2.30. The van der Waals surface area contributed by atoms with E-state index in [9.17, 15) is 9.59 Å². The largest absolute Gasteiger partial charge is 0.336 e. The normalized spacial score (nSPS) is 17.6. The third-order valence-electron chi connectivity index (χ3n) is 4.42. The number of hydrogen-bond donors (Lipinski definition) is 1. The van der Waals surface area contributed by atoms with Crippen LogP contribution in [0.4, 0.5) is 4.79 Å². The van der Waals surface area contributed by atoms with Crippen LogP contribution in [0, 0.1) is 0 Å². The first-order chi connectivity index (χ1) is 11.5. The van der Waals surface area contributed by atoms with Gasteiger partial charge in [0, 0.05) is 42.7 Å². The lowest BCUT2D eigenvalue weighted by Crippen LogP contribution is -2.54. The molecule has 0 radical (unpaired) electrons. The predicted octanol–water partition coefficient (Wildman–Crippen LogP) is 2.60. The van der Waals surface area contributed by atoms with Crippen molar-refractivity contribution in [2.75, 3.05) is 31.9 Å². The number of rotatable bonds is 2. The Morgan fingerprint density at radius 2 is 1.83 bits per heavy atom. The molecule has 1 aromatic rings. The van der Waals surface area contributed by atoms with Gasteiger partial charge in [-0.1, -0.05) is 0 Å². The monoisotopic (exact) mass is 347 g/mol. The van der Waals surface area contributed by atoms with E-state index >= 15 is 0 Å². The molecule has 2 heterocycles. The van der Waals surface area contributed by atoms with Gasteiger partial charge in [-0.2, -0.15) is 0 Å². The smallest absolute Gasteiger partial charge is 0.317 e. The van der Waals surface area contributed by atoms with Gasteiger partial charge in [-0.25, -0.2) is 4.79 Å². The topological polar surface area (TPSA) is 52.7 Å². The number of carbonyl (C=O) groups is 2. The molecular weight excluding hydrogens is 322 g/mol. The van der Waals surface area contributed by atoms with E-state index < -0.39 is 0 Å². The van der Waals surface area contributed by atoms with E-state index in [2.05, 4.69) is 17.4 Å². The molecule has 3 rings (SSSR count). The van der Waals surface area contributed by atoms with E-state index in [4.69, 9.17) is 0 Å². The summed E-state index contributed by atoms with van der Waals surface area (Å²) in [7, 11) is 0. The summed E-state index contributed by atoms with van der Waals surface area (Å²) in [6, 6.07) is 6.17. The van der Waals surface area contributed by atoms with Crippen LogP contribution < -0.4 is 5.32 Å². The number of thioether (sulfide) groups is 1. The maximum absolute atomic E-state index is 12.7. The quantitative estimate of drug-likeness (QED) is 0.895. The number of fused-ring (bicyclic) bond motifs is 1. The molecular formula is C18H25N3O2S. The number of urea groups is 1. The summed E-state index contributed by atoms with van der Waals surface area (Å²) in [6.45, 7) is 6.26. The van der Waals surface area contributed by atoms with Crippen molar-refractivity contribution in [2.45, 2.75) is 37.6 Å². The lowest BCUT2D eigenvalue weighted by atomic mass is 10.1. The number of amides is 3. The highest BCUT2D eigenvalue weighted by atomic mass is 32.2. The minimum atomic E-state index is -0.0390. The van der Waals surface area contributed by atoms with Crippen molar-refractivity contribution in [1.82, 2.24) is 15.1 Å². The fourth-order valence-electron chi connectivity index (χ4n) is 3.13. The van der Waals surface area contributed by atoms with Gasteiger partial charge < -0.3 is 15.1 Å². The van der Waals surface area contributed by atoms with Crippen molar-refractivity contribution >= 4 is 23.7 Å². The summed E-state index contributed by atoms with van der Waals surface area (Å²) in [4.78, 5) is 29.7. The molecule has 5 nitrogen and oxygen atoms in total. The fourth-order valence-corrected chi connectivity index (χ4v) is 4.15. The Hall–Kier alpha value is -1.69. The van der Waals surface area contributed by atoms with E-state index in [1.54, 1.807) is 4.90 Å². The van der Waals surface area contributed by atoms with Gasteiger partial charge in [-0.3, -0.25) is 4.79 Å². The second-order valence-electron chi connectivity index (χ2n) is 6.66. The van der Waals surface area contributed by atoms with Crippen molar-refractivity contribution < 1.29 is 9.59 Å². The molecule has 0 bridgehead atoms. The van der Waals surface area contributed by atoms with Gasteiger partial charge in [-0.15, -0.1) is 11.8 Å². The highest BCUT2D eigenvalue weighted by molar-refractivity contribution is 7.99. The molecule has 2 aliphatic heterocycles. The number of nitrogens with zero attached hydrogens (tertiary/aromatic N) is 2. The lowest BCUT2D eigenvalue weighted by Gasteiger charge is -2.35. The molecule has 2 aliphatic rings. The molecule has 6 heteroatoms. The standard InChI is InChI=1S/C18H25N3O2S/c1-13(2)19-18(23)21-9-7-20(8-10-21)17(22)15-5-6-16-14(12-15)4-3-11-24-16/h5-6,12-13H,3-4,7-11H2,1-2H3,(H,19,23). The molecule has 0 unspecified atom stereocenters. The van der Waals surface area contributed by atoms with E-state index in [1.807, 2.05) is 36.6 Å². The van der Waals surface area contributed by atoms with Gasteiger partial charge in [0.25, 0.3) is 5.91 Å². The minimum Gasteiger partial charge on any atom is -0.336 e. The van der Waals surface area contributed by atoms with Gasteiger partial charge in [0.05, 0.1) is 0 Å². The van der Waals surface area contributed by atoms with Crippen LogP contribution in [-0.4, -0.2) is 59.7 Å². The van der Waals surface area contributed by atoms with Crippen LogP contribution in [0.3, 0.4) is 0 Å². The summed E-state index contributed by atoms with van der Waals surface area (Å²) in [5.41, 5.74) is 2.07. The average molecular weight is 347 g/mol. The van der Waals surface area contributed by atoms with E-state index in [1.165, 1.54) is 22.6 Å². The Balaban J connectivity index is 1.60. The number of carbonyl (C=O) groups excluding carboxylic acids is 2. The number of hydrogen-bond acceptors (Lipinski definition) is 3. The average Bonchev–Trinajstić information content (AvgIpc) is 2.60. The predicted molar refractivity (Wildman–Crippen MR) is 96.6 cm³/mol. The van der Waals surface area contributed by atoms with Crippen molar-refractivity contribution in [2.24, 2.45) is 0 Å². The van der Waals surface area contributed by atoms with Crippen molar-refractivity contribution in [3.63, 3.8) is 0 Å². The number of piperazine rings is 1. The number of benzene rings is 1. The van der Waals surface area contributed by atoms with Gasteiger partial charge in [0.2, 0.25) is 0 Å². The molecule has 130 valence electrons. The minimum absolute atomic E-state index is 0.0390. The molecule has 0 atom stereocenters. The highest BCUT2D eigenvalue weighted by Gasteiger charge is 2.25. The van der Waals surface area contributed by atoms with Crippen molar-refractivity contribution in [1.29, 1.82) is 0 Å². The van der Waals surface area contributed by atoms with Gasteiger partial charge >= 0.3 is 6.03 Å². The van der Waals surface area contributed by atoms with Crippen LogP contribution in [0.25, 0.3) is 0 Å². The van der Waals surface area contributed by atoms with Crippen LogP contribution >= 0.6 is 11.8 Å². The molecule has 1 fully saturated rings. The summed E-state index contributed by atoms with van der Waals surface area (Å²) in [5.74, 6) is 1.25. The molecule has 1 saturated heterocycles. The second-order valence-corrected chi connectivity index (χ2v) is 7.79. The van der Waals surface area contributed by atoms with E-state index in [-0.39, 0.29) is 18.0 Å². The van der Waals surface area contributed by atoms with Crippen LogP contribution in [0.5, 0.6) is 0 Å². The number of nitrogens with one attached hydrogen (secondary N) is 1. The van der Waals surface area contributed by atoms with Crippen molar-refractivity contribution in [3.05, 3.63) is 29.3 Å². The molecule has 1 aromatic carbocycles. The summed E-state index contributed by atoms with van der Waals surface area (Å²) < 4.78 is 0. The molecule has 1 N–H and O–H groups in total. The SMILES string of the molecule is CC(C)NC(=O)N1CCN(C(=O)c2ccc3c(c2)CCCS3)CC1. The first-order valence-corrected chi connectivity index (χ1v) is 9.63. The Labute approximate surface area is 147 Å². The Morgan fingerprint density at radius 1 is 1.12 bits per heavy atom. The maximum Gasteiger partial charge on any atom is 0.317 e. The number of aryl methyl sites for hydroxylation is 1. The molecule has 24 heavy (non-hydrogen) atoms. The fraction of sp³-hybridized carbons (Fsp3) is 0.556. The third-order valence-corrected chi connectivity index (χ3v) is 5.62. The maximum atomic E-state index is 12.7. The van der Waals surface area contributed by atoms with Gasteiger partial charge in [-0.05, 0) is 56.2 Å². The zero-order valence-corrected chi connectivity index (χ0v) is 15.2. The van der Waals surface area contributed by atoms with Crippen LogP contribution in [0.2, 0.25) is 0 Å². The Morgan fingerprint density at radius 3 is 2.54 bits per heavy atom. The van der Waals surface area contributed by atoms with Crippen LogP contribution in [0.1, 0.15) is 36.2 Å². The van der Waals surface area contributed by atoms with Gasteiger partial charge in [0.1, 0.15) is 0 Å². The lowest BCUT2D eigenvalue weighted by molar-refractivity contribution is 0.0663. The summed E-state index contributed by atoms with van der Waals surface area (Å²) >= 11 is 1.88. The zero-order valence-electron chi connectivity index (χ0n) is 14.4. The third kappa shape index (κ3) is 3.86. The summed E-state index contributed by atoms with van der Waals surface area (Å²) in [5, 5.41) is 2.90.